The molecule has 0 radical (unpaired) electrons. The van der Waals surface area contributed by atoms with Crippen LogP contribution in [0, 0.1) is 16.7 Å². The van der Waals surface area contributed by atoms with Crippen LogP contribution in [0.3, 0.4) is 0 Å². The van der Waals surface area contributed by atoms with E-state index in [1.54, 1.807) is 12.3 Å². The highest BCUT2D eigenvalue weighted by Crippen LogP contribution is 2.65. The summed E-state index contributed by atoms with van der Waals surface area (Å²) in [6.45, 7) is 8.90. The van der Waals surface area contributed by atoms with E-state index >= 15 is 0 Å². The molecule has 2 bridgehead atoms. The van der Waals surface area contributed by atoms with Crippen LogP contribution in [0.4, 0.5) is 17.3 Å². The zero-order valence-corrected chi connectivity index (χ0v) is 19.9. The van der Waals surface area contributed by atoms with Crippen molar-refractivity contribution in [1.29, 1.82) is 0 Å². The first-order valence-corrected chi connectivity index (χ1v) is 11.6. The second-order valence-electron chi connectivity index (χ2n) is 10.3. The van der Waals surface area contributed by atoms with E-state index in [0.717, 1.165) is 30.9 Å². The van der Waals surface area contributed by atoms with Crippen molar-refractivity contribution in [3.63, 3.8) is 0 Å². The average molecular weight is 437 g/mol. The van der Waals surface area contributed by atoms with E-state index in [-0.39, 0.29) is 22.8 Å². The van der Waals surface area contributed by atoms with Gasteiger partial charge in [-0.2, -0.15) is 0 Å². The number of carbonyl (C=O) groups excluding carboxylic acids is 1. The maximum absolute atomic E-state index is 13.0. The lowest BCUT2D eigenvalue weighted by Gasteiger charge is -2.39. The molecule has 2 aliphatic rings. The maximum atomic E-state index is 13.0. The first-order valence-electron chi connectivity index (χ1n) is 11.6. The largest absolute Gasteiger partial charge is 0.384 e. The van der Waals surface area contributed by atoms with Crippen LogP contribution in [0.15, 0.2) is 36.5 Å². The van der Waals surface area contributed by atoms with E-state index in [9.17, 15) is 4.79 Å². The molecule has 2 aliphatic carbocycles. The first kappa shape index (κ1) is 22.5. The van der Waals surface area contributed by atoms with Crippen molar-refractivity contribution in [1.82, 2.24) is 20.2 Å². The van der Waals surface area contributed by atoms with Crippen LogP contribution in [-0.4, -0.2) is 54.0 Å². The Morgan fingerprint density at radius 1 is 1.12 bits per heavy atom. The lowest BCUT2D eigenvalue weighted by atomic mass is 9.69. The molecular weight excluding hydrogens is 400 g/mol. The number of aromatic nitrogens is 2. The predicted octanol–water partition coefficient (Wildman–Crippen LogP) is 4.14. The molecule has 1 aromatic heterocycles. The third-order valence-electron chi connectivity index (χ3n) is 8.02. The Labute approximate surface area is 191 Å². The molecule has 3 N–H and O–H groups in total. The molecule has 2 saturated carbocycles. The smallest absolute Gasteiger partial charge is 0.270 e. The molecule has 1 aromatic carbocycles. The quantitative estimate of drug-likeness (QED) is 0.577. The molecule has 2 aromatic rings. The van der Waals surface area contributed by atoms with Gasteiger partial charge >= 0.3 is 0 Å². The fourth-order valence-corrected chi connectivity index (χ4v) is 5.42. The van der Waals surface area contributed by atoms with E-state index in [0.29, 0.717) is 17.6 Å². The van der Waals surface area contributed by atoms with Gasteiger partial charge in [-0.15, -0.1) is 0 Å². The Bertz CT molecular complexity index is 957. The van der Waals surface area contributed by atoms with Crippen LogP contribution in [-0.2, 0) is 0 Å². The zero-order valence-electron chi connectivity index (χ0n) is 19.9. The molecule has 4 rings (SSSR count). The summed E-state index contributed by atoms with van der Waals surface area (Å²) >= 11 is 0. The Hall–Kier alpha value is -2.67. The highest BCUT2D eigenvalue weighted by Gasteiger charge is 2.61. The van der Waals surface area contributed by atoms with Crippen molar-refractivity contribution in [2.24, 2.45) is 16.7 Å². The Kier molecular flexibility index (Phi) is 6.12. The van der Waals surface area contributed by atoms with Crippen LogP contribution in [0.5, 0.6) is 0 Å². The van der Waals surface area contributed by atoms with Gasteiger partial charge in [0.1, 0.15) is 5.69 Å². The molecule has 3 unspecified atom stereocenters. The van der Waals surface area contributed by atoms with Gasteiger partial charge in [0, 0.05) is 36.7 Å². The first-order chi connectivity index (χ1) is 15.2. The summed E-state index contributed by atoms with van der Waals surface area (Å²) in [5.41, 5.74) is 2.74. The summed E-state index contributed by atoms with van der Waals surface area (Å²) in [4.78, 5) is 23.9. The molecule has 32 heavy (non-hydrogen) atoms. The highest BCUT2D eigenvalue weighted by molar-refractivity contribution is 5.92. The molecule has 3 atom stereocenters. The topological polar surface area (TPSA) is 82.2 Å². The number of rotatable bonds is 8. The fraction of sp³-hybridized carbons (Fsp3) is 0.560. The van der Waals surface area contributed by atoms with Crippen LogP contribution >= 0.6 is 0 Å². The second kappa shape index (κ2) is 8.70. The molecule has 7 nitrogen and oxygen atoms in total. The highest BCUT2D eigenvalue weighted by atomic mass is 16.2. The number of hydrogen-bond acceptors (Lipinski definition) is 6. The predicted molar refractivity (Wildman–Crippen MR) is 129 cm³/mol. The lowest BCUT2D eigenvalue weighted by Crippen LogP contribution is -2.47. The van der Waals surface area contributed by atoms with Gasteiger partial charge in [0.25, 0.3) is 5.91 Å². The van der Waals surface area contributed by atoms with Gasteiger partial charge in [-0.1, -0.05) is 20.8 Å². The average Bonchev–Trinajstić information content (AvgIpc) is 3.08. The number of benzene rings is 1. The van der Waals surface area contributed by atoms with Crippen molar-refractivity contribution < 1.29 is 4.79 Å². The van der Waals surface area contributed by atoms with Gasteiger partial charge in [-0.3, -0.25) is 4.79 Å². The molecule has 0 aliphatic heterocycles. The fourth-order valence-electron chi connectivity index (χ4n) is 5.42. The number of amides is 1. The second-order valence-corrected chi connectivity index (χ2v) is 10.3. The van der Waals surface area contributed by atoms with Gasteiger partial charge in [0.2, 0.25) is 5.95 Å². The van der Waals surface area contributed by atoms with Crippen molar-refractivity contribution in [2.75, 3.05) is 37.8 Å². The summed E-state index contributed by atoms with van der Waals surface area (Å²) in [5.74, 6) is 0.983. The standard InChI is InChI=1S/C25H36N6O/c1-24(2)17-10-12-25(24,3)21(16-17)30-22(32)20-11-13-27-23(29-20)28-19-8-6-18(7-9-19)26-14-15-31(4)5/h6-9,11,13,17,21,26H,10,12,14-16H2,1-5H3,(H,30,32)(H,27,28,29). The number of nitrogens with one attached hydrogen (secondary N) is 3. The van der Waals surface area contributed by atoms with Crippen LogP contribution in [0.2, 0.25) is 0 Å². The third-order valence-corrected chi connectivity index (χ3v) is 8.02. The molecular formula is C25H36N6O. The molecule has 0 spiro atoms. The number of fused-ring (bicyclic) bond motifs is 2. The molecule has 1 amide bonds. The summed E-state index contributed by atoms with van der Waals surface area (Å²) in [5, 5.41) is 9.88. The molecule has 1 heterocycles. The van der Waals surface area contributed by atoms with Gasteiger partial charge < -0.3 is 20.9 Å². The summed E-state index contributed by atoms with van der Waals surface area (Å²) in [7, 11) is 4.12. The summed E-state index contributed by atoms with van der Waals surface area (Å²) < 4.78 is 0. The van der Waals surface area contributed by atoms with Crippen molar-refractivity contribution in [3.05, 3.63) is 42.2 Å². The number of hydrogen-bond donors (Lipinski definition) is 3. The van der Waals surface area contributed by atoms with Gasteiger partial charge in [-0.05, 0) is 80.4 Å². The Morgan fingerprint density at radius 2 is 1.84 bits per heavy atom. The monoisotopic (exact) mass is 436 g/mol. The summed E-state index contributed by atoms with van der Waals surface area (Å²) in [6, 6.07) is 9.87. The normalized spacial score (nSPS) is 25.7. The SMILES string of the molecule is CN(C)CCNc1ccc(Nc2nccc(C(=O)NC3CC4CCC3(C)C4(C)C)n2)cc1. The van der Waals surface area contributed by atoms with Crippen LogP contribution in [0.25, 0.3) is 0 Å². The Morgan fingerprint density at radius 3 is 2.47 bits per heavy atom. The van der Waals surface area contributed by atoms with E-state index in [2.05, 4.69) is 65.7 Å². The number of carbonyl (C=O) groups is 1. The van der Waals surface area contributed by atoms with Gasteiger partial charge in [0.05, 0.1) is 0 Å². The van der Waals surface area contributed by atoms with Crippen molar-refractivity contribution >= 4 is 23.2 Å². The molecule has 172 valence electrons. The van der Waals surface area contributed by atoms with Crippen molar-refractivity contribution in [3.8, 4) is 0 Å². The minimum atomic E-state index is -0.120. The van der Waals surface area contributed by atoms with Crippen LogP contribution < -0.4 is 16.0 Å². The number of anilines is 3. The molecule has 7 heteroatoms. The van der Waals surface area contributed by atoms with Crippen LogP contribution in [0.1, 0.15) is 50.5 Å². The van der Waals surface area contributed by atoms with Crippen molar-refractivity contribution in [2.45, 2.75) is 46.1 Å². The number of likely N-dealkylation sites (N-methyl/N-ethyl adjacent to an activating group) is 1. The molecule has 2 fully saturated rings. The minimum Gasteiger partial charge on any atom is -0.384 e. The zero-order chi connectivity index (χ0) is 22.9. The van der Waals surface area contributed by atoms with Gasteiger partial charge in [-0.25, -0.2) is 9.97 Å². The molecule has 0 saturated heterocycles. The van der Waals surface area contributed by atoms with Gasteiger partial charge in [0.15, 0.2) is 0 Å². The summed E-state index contributed by atoms with van der Waals surface area (Å²) in [6.07, 6.45) is 5.13. The van der Waals surface area contributed by atoms with E-state index in [4.69, 9.17) is 0 Å². The third kappa shape index (κ3) is 4.31. The Balaban J connectivity index is 1.37. The van der Waals surface area contributed by atoms with E-state index in [1.165, 1.54) is 12.8 Å². The van der Waals surface area contributed by atoms with E-state index in [1.807, 2.05) is 24.3 Å². The number of nitrogens with zero attached hydrogens (tertiary/aromatic N) is 3. The minimum absolute atomic E-state index is 0.120. The lowest BCUT2D eigenvalue weighted by molar-refractivity contribution is 0.0821. The maximum Gasteiger partial charge on any atom is 0.270 e. The van der Waals surface area contributed by atoms with E-state index < -0.39 is 0 Å².